The lowest BCUT2D eigenvalue weighted by atomic mass is 9.78. The monoisotopic (exact) mass is 402 g/mol. The van der Waals surface area contributed by atoms with Crippen molar-refractivity contribution in [3.8, 4) is 11.8 Å². The van der Waals surface area contributed by atoms with Gasteiger partial charge in [-0.25, -0.2) is 0 Å². The Labute approximate surface area is 180 Å². The number of nitrogens with zero attached hydrogens (tertiary/aromatic N) is 2. The third-order valence-corrected chi connectivity index (χ3v) is 5.60. The Hall–Kier alpha value is -4.36. The topological polar surface area (TPSA) is 53.3 Å². The number of amides is 1. The van der Waals surface area contributed by atoms with Gasteiger partial charge in [-0.15, -0.1) is 0 Å². The summed E-state index contributed by atoms with van der Waals surface area (Å²) >= 11 is 0. The molecule has 1 amide bonds. The Morgan fingerprint density at radius 1 is 0.710 bits per heavy atom. The van der Waals surface area contributed by atoms with Gasteiger partial charge in [0.25, 0.3) is 5.91 Å². The van der Waals surface area contributed by atoms with Gasteiger partial charge in [0.1, 0.15) is 0 Å². The number of hydrogen-bond donors (Lipinski definition) is 0. The standard InChI is InChI=1S/C27H18N2O2/c28-19-20-15-17-23(18-16-20)31-29-26(30)24-13-7-8-14-25(24)27(29,21-9-3-1-4-10-21)22-11-5-2-6-12-22/h1-18H. The van der Waals surface area contributed by atoms with Gasteiger partial charge in [-0.2, -0.15) is 10.3 Å². The lowest BCUT2D eigenvalue weighted by Crippen LogP contribution is -2.47. The van der Waals surface area contributed by atoms with Crippen LogP contribution in [0.5, 0.6) is 5.75 Å². The van der Waals surface area contributed by atoms with Crippen molar-refractivity contribution in [2.45, 2.75) is 5.54 Å². The number of benzene rings is 4. The molecule has 1 aliphatic heterocycles. The molecule has 0 bridgehead atoms. The summed E-state index contributed by atoms with van der Waals surface area (Å²) in [5, 5.41) is 10.6. The molecule has 31 heavy (non-hydrogen) atoms. The van der Waals surface area contributed by atoms with Crippen LogP contribution in [-0.4, -0.2) is 11.0 Å². The number of carbonyl (C=O) groups excluding carboxylic acids is 1. The molecule has 4 nitrogen and oxygen atoms in total. The molecule has 148 valence electrons. The van der Waals surface area contributed by atoms with Gasteiger partial charge in [-0.3, -0.25) is 4.79 Å². The predicted octanol–water partition coefficient (Wildman–Crippen LogP) is 5.30. The molecule has 0 N–H and O–H groups in total. The zero-order valence-electron chi connectivity index (χ0n) is 16.6. The molecule has 5 rings (SSSR count). The Morgan fingerprint density at radius 2 is 1.26 bits per heavy atom. The second-order valence-corrected chi connectivity index (χ2v) is 7.32. The van der Waals surface area contributed by atoms with Crippen LogP contribution in [0.25, 0.3) is 0 Å². The van der Waals surface area contributed by atoms with E-state index in [-0.39, 0.29) is 5.91 Å². The number of carbonyl (C=O) groups is 1. The minimum absolute atomic E-state index is 0.215. The van der Waals surface area contributed by atoms with E-state index in [0.29, 0.717) is 16.9 Å². The number of hydrogen-bond acceptors (Lipinski definition) is 3. The zero-order chi connectivity index (χ0) is 21.3. The Balaban J connectivity index is 1.77. The van der Waals surface area contributed by atoms with E-state index in [2.05, 4.69) is 6.07 Å². The van der Waals surface area contributed by atoms with Crippen LogP contribution in [0.1, 0.15) is 32.6 Å². The zero-order valence-corrected chi connectivity index (χ0v) is 16.6. The highest BCUT2D eigenvalue weighted by molar-refractivity contribution is 6.01. The molecule has 4 heteroatoms. The highest BCUT2D eigenvalue weighted by Gasteiger charge is 2.54. The van der Waals surface area contributed by atoms with Crippen LogP contribution in [-0.2, 0) is 5.54 Å². The first kappa shape index (κ1) is 18.7. The predicted molar refractivity (Wildman–Crippen MR) is 117 cm³/mol. The summed E-state index contributed by atoms with van der Waals surface area (Å²) in [6.07, 6.45) is 0. The molecule has 0 unspecified atom stereocenters. The van der Waals surface area contributed by atoms with Gasteiger partial charge < -0.3 is 4.84 Å². The normalized spacial score (nSPS) is 14.0. The van der Waals surface area contributed by atoms with Gasteiger partial charge in [0.15, 0.2) is 11.3 Å². The molecule has 0 saturated heterocycles. The Bertz CT molecular complexity index is 1240. The van der Waals surface area contributed by atoms with E-state index in [1.807, 2.05) is 84.9 Å². The first-order valence-electron chi connectivity index (χ1n) is 9.98. The number of nitriles is 1. The molecule has 0 saturated carbocycles. The molecule has 0 fully saturated rings. The van der Waals surface area contributed by atoms with Crippen molar-refractivity contribution in [2.24, 2.45) is 0 Å². The van der Waals surface area contributed by atoms with E-state index in [9.17, 15) is 4.79 Å². The van der Waals surface area contributed by atoms with Crippen LogP contribution >= 0.6 is 0 Å². The Kier molecular flexibility index (Phi) is 4.50. The van der Waals surface area contributed by atoms with E-state index in [0.717, 1.165) is 16.7 Å². The van der Waals surface area contributed by atoms with E-state index >= 15 is 0 Å². The maximum atomic E-state index is 13.6. The first-order chi connectivity index (χ1) is 15.2. The molecule has 1 heterocycles. The maximum Gasteiger partial charge on any atom is 0.288 e. The average Bonchev–Trinajstić information content (AvgIpc) is 3.09. The van der Waals surface area contributed by atoms with Crippen molar-refractivity contribution >= 4 is 5.91 Å². The van der Waals surface area contributed by atoms with Crippen LogP contribution in [0, 0.1) is 11.3 Å². The highest BCUT2D eigenvalue weighted by atomic mass is 16.7. The summed E-state index contributed by atoms with van der Waals surface area (Å²) in [4.78, 5) is 19.9. The van der Waals surface area contributed by atoms with Gasteiger partial charge in [0, 0.05) is 11.1 Å². The van der Waals surface area contributed by atoms with Gasteiger partial charge in [0.05, 0.1) is 11.6 Å². The molecular formula is C27H18N2O2. The molecule has 0 spiro atoms. The van der Waals surface area contributed by atoms with Gasteiger partial charge in [-0.05, 0) is 41.5 Å². The molecule has 4 aromatic carbocycles. The fourth-order valence-corrected chi connectivity index (χ4v) is 4.23. The van der Waals surface area contributed by atoms with Crippen LogP contribution in [0.2, 0.25) is 0 Å². The molecule has 0 radical (unpaired) electrons. The van der Waals surface area contributed by atoms with E-state index < -0.39 is 5.54 Å². The lowest BCUT2D eigenvalue weighted by molar-refractivity contribution is -0.0734. The number of fused-ring (bicyclic) bond motifs is 1. The summed E-state index contributed by atoms with van der Waals surface area (Å²) in [5.74, 6) is 0.268. The summed E-state index contributed by atoms with van der Waals surface area (Å²) in [6, 6.07) is 36.3. The maximum absolute atomic E-state index is 13.6. The van der Waals surface area contributed by atoms with Crippen LogP contribution in [0.4, 0.5) is 0 Å². The van der Waals surface area contributed by atoms with E-state index in [1.54, 1.807) is 24.3 Å². The first-order valence-corrected chi connectivity index (χ1v) is 9.98. The minimum Gasteiger partial charge on any atom is -0.375 e. The molecule has 1 aliphatic rings. The van der Waals surface area contributed by atoms with E-state index in [4.69, 9.17) is 10.1 Å². The van der Waals surface area contributed by atoms with Crippen molar-refractivity contribution in [1.29, 1.82) is 5.26 Å². The average molecular weight is 402 g/mol. The second-order valence-electron chi connectivity index (χ2n) is 7.32. The molecule has 0 aliphatic carbocycles. The molecule has 4 aromatic rings. The Morgan fingerprint density at radius 3 is 1.84 bits per heavy atom. The number of rotatable bonds is 4. The van der Waals surface area contributed by atoms with Crippen molar-refractivity contribution in [3.63, 3.8) is 0 Å². The lowest BCUT2D eigenvalue weighted by Gasteiger charge is -2.38. The van der Waals surface area contributed by atoms with Crippen molar-refractivity contribution < 1.29 is 9.63 Å². The fourth-order valence-electron chi connectivity index (χ4n) is 4.23. The van der Waals surface area contributed by atoms with E-state index in [1.165, 1.54) is 5.06 Å². The van der Waals surface area contributed by atoms with Crippen molar-refractivity contribution in [3.05, 3.63) is 137 Å². The minimum atomic E-state index is -0.954. The highest BCUT2D eigenvalue weighted by Crippen LogP contribution is 2.49. The quantitative estimate of drug-likeness (QED) is 0.465. The summed E-state index contributed by atoms with van der Waals surface area (Å²) in [6.45, 7) is 0. The molecule has 0 atom stereocenters. The fraction of sp³-hybridized carbons (Fsp3) is 0.0370. The van der Waals surface area contributed by atoms with Crippen LogP contribution in [0.3, 0.4) is 0 Å². The smallest absolute Gasteiger partial charge is 0.288 e. The number of hydroxylamine groups is 2. The third kappa shape index (κ3) is 2.87. The van der Waals surface area contributed by atoms with Gasteiger partial charge in [0.2, 0.25) is 0 Å². The van der Waals surface area contributed by atoms with Crippen LogP contribution < -0.4 is 4.84 Å². The largest absolute Gasteiger partial charge is 0.375 e. The summed E-state index contributed by atoms with van der Waals surface area (Å²) in [7, 11) is 0. The van der Waals surface area contributed by atoms with Crippen LogP contribution in [0.15, 0.2) is 109 Å². The van der Waals surface area contributed by atoms with Crippen molar-refractivity contribution in [1.82, 2.24) is 5.06 Å². The summed E-state index contributed by atoms with van der Waals surface area (Å²) < 4.78 is 0. The SMILES string of the molecule is N#Cc1ccc(ON2C(=O)c3ccccc3C2(c2ccccc2)c2ccccc2)cc1. The second kappa shape index (κ2) is 7.47. The molecule has 0 aromatic heterocycles. The summed E-state index contributed by atoms with van der Waals surface area (Å²) in [5.41, 5.74) is 2.89. The van der Waals surface area contributed by atoms with Gasteiger partial charge in [-0.1, -0.05) is 78.9 Å². The van der Waals surface area contributed by atoms with Crippen molar-refractivity contribution in [2.75, 3.05) is 0 Å². The molecular weight excluding hydrogens is 384 g/mol. The van der Waals surface area contributed by atoms with Gasteiger partial charge >= 0.3 is 0 Å². The third-order valence-electron chi connectivity index (χ3n) is 5.60.